The summed E-state index contributed by atoms with van der Waals surface area (Å²) in [5.41, 5.74) is 8.82. The van der Waals surface area contributed by atoms with Crippen molar-refractivity contribution >= 4 is 5.69 Å². The van der Waals surface area contributed by atoms with Crippen LogP contribution in [0.2, 0.25) is 0 Å². The molecule has 2 heteroatoms. The number of benzene rings is 1. The van der Waals surface area contributed by atoms with E-state index in [-0.39, 0.29) is 0 Å². The monoisotopic (exact) mass is 363 g/mol. The minimum atomic E-state index is 0.437. The van der Waals surface area contributed by atoms with Crippen LogP contribution in [0.3, 0.4) is 0 Å². The van der Waals surface area contributed by atoms with E-state index in [0.29, 0.717) is 5.41 Å². The minimum absolute atomic E-state index is 0.437. The molecule has 27 heavy (non-hydrogen) atoms. The van der Waals surface area contributed by atoms with E-state index in [1.807, 2.05) is 11.1 Å². The molecule has 0 amide bonds. The number of fused-ring (bicyclic) bond motifs is 2. The van der Waals surface area contributed by atoms with Crippen LogP contribution in [0.4, 0.5) is 5.69 Å². The normalized spacial score (nSPS) is 24.7. The van der Waals surface area contributed by atoms with E-state index < -0.39 is 0 Å². The highest BCUT2D eigenvalue weighted by atomic mass is 16.5. The Hall–Kier alpha value is -1.70. The second-order valence-electron chi connectivity index (χ2n) is 8.94. The first-order valence-corrected chi connectivity index (χ1v) is 11.2. The molecule has 0 radical (unpaired) electrons. The van der Waals surface area contributed by atoms with E-state index in [2.05, 4.69) is 29.2 Å². The summed E-state index contributed by atoms with van der Waals surface area (Å²) in [6.07, 6.45) is 17.8. The molecule has 5 rings (SSSR count). The molecule has 1 spiro atoms. The maximum absolute atomic E-state index is 5.42. The van der Waals surface area contributed by atoms with E-state index in [1.165, 1.54) is 89.2 Å². The number of methoxy groups -OCH3 is 1. The molecule has 1 aromatic rings. The summed E-state index contributed by atoms with van der Waals surface area (Å²) in [5.74, 6) is 0.954. The van der Waals surface area contributed by atoms with E-state index in [1.54, 1.807) is 18.5 Å². The number of hydrogen-bond donors (Lipinski definition) is 0. The Morgan fingerprint density at radius 2 is 1.26 bits per heavy atom. The van der Waals surface area contributed by atoms with Gasteiger partial charge in [-0.2, -0.15) is 0 Å². The van der Waals surface area contributed by atoms with Gasteiger partial charge in [0, 0.05) is 22.5 Å². The van der Waals surface area contributed by atoms with E-state index in [4.69, 9.17) is 4.74 Å². The van der Waals surface area contributed by atoms with Crippen LogP contribution in [0, 0.1) is 5.41 Å². The zero-order valence-corrected chi connectivity index (χ0v) is 16.9. The van der Waals surface area contributed by atoms with Gasteiger partial charge in [0.15, 0.2) is 0 Å². The smallest absolute Gasteiger partial charge is 0.119 e. The fourth-order valence-corrected chi connectivity index (χ4v) is 6.45. The zero-order valence-electron chi connectivity index (χ0n) is 16.9. The van der Waals surface area contributed by atoms with Gasteiger partial charge in [-0.1, -0.05) is 19.3 Å². The van der Waals surface area contributed by atoms with Crippen molar-refractivity contribution in [3.8, 4) is 5.75 Å². The maximum atomic E-state index is 5.42. The molecule has 0 atom stereocenters. The van der Waals surface area contributed by atoms with Gasteiger partial charge in [0.1, 0.15) is 5.75 Å². The summed E-state index contributed by atoms with van der Waals surface area (Å²) >= 11 is 0. The molecule has 0 bridgehead atoms. The lowest BCUT2D eigenvalue weighted by Crippen LogP contribution is -2.42. The van der Waals surface area contributed by atoms with Crippen molar-refractivity contribution in [1.29, 1.82) is 0 Å². The lowest BCUT2D eigenvalue weighted by molar-refractivity contribution is 0.252. The highest BCUT2D eigenvalue weighted by Crippen LogP contribution is 2.60. The van der Waals surface area contributed by atoms with Crippen molar-refractivity contribution in [2.45, 2.75) is 83.5 Å². The quantitative estimate of drug-likeness (QED) is 0.554. The molecular formula is C25H33NO. The molecule has 1 saturated carbocycles. The summed E-state index contributed by atoms with van der Waals surface area (Å²) in [5, 5.41) is 0. The topological polar surface area (TPSA) is 12.5 Å². The van der Waals surface area contributed by atoms with Crippen LogP contribution >= 0.6 is 0 Å². The van der Waals surface area contributed by atoms with Gasteiger partial charge < -0.3 is 9.64 Å². The molecule has 1 fully saturated rings. The molecule has 144 valence electrons. The maximum Gasteiger partial charge on any atom is 0.119 e. The van der Waals surface area contributed by atoms with Crippen molar-refractivity contribution in [1.82, 2.24) is 0 Å². The van der Waals surface area contributed by atoms with Crippen LogP contribution < -0.4 is 9.64 Å². The molecule has 4 aliphatic rings. The molecule has 0 aromatic heterocycles. The highest BCUT2D eigenvalue weighted by molar-refractivity contribution is 5.65. The largest absolute Gasteiger partial charge is 0.497 e. The van der Waals surface area contributed by atoms with Crippen molar-refractivity contribution < 1.29 is 4.74 Å². The molecule has 3 aliphatic carbocycles. The third-order valence-electron chi connectivity index (χ3n) is 7.61. The van der Waals surface area contributed by atoms with Crippen molar-refractivity contribution in [3.05, 3.63) is 46.8 Å². The number of allylic oxidation sites excluding steroid dienone is 4. The summed E-state index contributed by atoms with van der Waals surface area (Å²) in [6, 6.07) is 8.81. The van der Waals surface area contributed by atoms with Gasteiger partial charge in [-0.25, -0.2) is 0 Å². The molecule has 0 unspecified atom stereocenters. The minimum Gasteiger partial charge on any atom is -0.497 e. The Balaban J connectivity index is 1.67. The van der Waals surface area contributed by atoms with Crippen LogP contribution in [0.25, 0.3) is 0 Å². The van der Waals surface area contributed by atoms with Gasteiger partial charge in [0.2, 0.25) is 0 Å². The average Bonchev–Trinajstić information content (AvgIpc) is 2.75. The Bertz CT molecular complexity index is 728. The second kappa shape index (κ2) is 7.04. The first-order valence-electron chi connectivity index (χ1n) is 11.2. The zero-order chi connectivity index (χ0) is 18.3. The van der Waals surface area contributed by atoms with Crippen LogP contribution in [0.5, 0.6) is 5.75 Å². The molecule has 1 aromatic carbocycles. The van der Waals surface area contributed by atoms with Crippen LogP contribution in [0.1, 0.15) is 83.5 Å². The van der Waals surface area contributed by atoms with Crippen molar-refractivity contribution in [3.63, 3.8) is 0 Å². The summed E-state index contributed by atoms with van der Waals surface area (Å²) in [7, 11) is 1.76. The summed E-state index contributed by atoms with van der Waals surface area (Å²) in [4.78, 5) is 2.70. The second-order valence-corrected chi connectivity index (χ2v) is 8.94. The molecule has 0 saturated heterocycles. The number of nitrogens with zero attached hydrogens (tertiary/aromatic N) is 1. The SMILES string of the molecule is COc1ccc(N2C3=C(CCCC3)C3(CCCCC3)C3=C2CCCC3)cc1. The van der Waals surface area contributed by atoms with Gasteiger partial charge in [-0.15, -0.1) is 0 Å². The first-order chi connectivity index (χ1) is 13.3. The Morgan fingerprint density at radius 3 is 1.81 bits per heavy atom. The lowest BCUT2D eigenvalue weighted by atomic mass is 9.58. The van der Waals surface area contributed by atoms with E-state index in [0.717, 1.165) is 5.75 Å². The molecule has 1 heterocycles. The third-order valence-corrected chi connectivity index (χ3v) is 7.61. The van der Waals surface area contributed by atoms with E-state index >= 15 is 0 Å². The van der Waals surface area contributed by atoms with Gasteiger partial charge in [-0.05, 0) is 99.6 Å². The van der Waals surface area contributed by atoms with Gasteiger partial charge in [-0.3, -0.25) is 0 Å². The number of anilines is 1. The van der Waals surface area contributed by atoms with Crippen molar-refractivity contribution in [2.24, 2.45) is 5.41 Å². The number of hydrogen-bond acceptors (Lipinski definition) is 2. The predicted octanol–water partition coefficient (Wildman–Crippen LogP) is 7.12. The number of rotatable bonds is 2. The Labute approximate surface area is 164 Å². The highest BCUT2D eigenvalue weighted by Gasteiger charge is 2.47. The molecule has 1 aliphatic heterocycles. The lowest BCUT2D eigenvalue weighted by Gasteiger charge is -2.53. The third kappa shape index (κ3) is 2.75. The fourth-order valence-electron chi connectivity index (χ4n) is 6.45. The van der Waals surface area contributed by atoms with Crippen LogP contribution in [-0.2, 0) is 0 Å². The fraction of sp³-hybridized carbons (Fsp3) is 0.600. The number of ether oxygens (including phenoxy) is 1. The van der Waals surface area contributed by atoms with Crippen LogP contribution in [-0.4, -0.2) is 7.11 Å². The van der Waals surface area contributed by atoms with Crippen LogP contribution in [0.15, 0.2) is 46.8 Å². The first kappa shape index (κ1) is 17.4. The Kier molecular flexibility index (Phi) is 4.53. The standard InChI is InChI=1S/C25H33NO/c1-27-20-15-13-19(14-16-20)26-23-11-5-3-9-21(23)25(17-7-2-8-18-25)22-10-4-6-12-24(22)26/h13-16H,2-12,17-18H2,1H3. The van der Waals surface area contributed by atoms with Gasteiger partial charge >= 0.3 is 0 Å². The molecular weight excluding hydrogens is 330 g/mol. The van der Waals surface area contributed by atoms with E-state index in [9.17, 15) is 0 Å². The molecule has 0 N–H and O–H groups in total. The van der Waals surface area contributed by atoms with Gasteiger partial charge in [0.25, 0.3) is 0 Å². The van der Waals surface area contributed by atoms with Gasteiger partial charge in [0.05, 0.1) is 7.11 Å². The summed E-state index contributed by atoms with van der Waals surface area (Å²) < 4.78 is 5.42. The summed E-state index contributed by atoms with van der Waals surface area (Å²) in [6.45, 7) is 0. The molecule has 2 nitrogen and oxygen atoms in total. The Morgan fingerprint density at radius 1 is 0.704 bits per heavy atom. The average molecular weight is 364 g/mol. The van der Waals surface area contributed by atoms with Crippen molar-refractivity contribution in [2.75, 3.05) is 12.0 Å². The predicted molar refractivity (Wildman–Crippen MR) is 112 cm³/mol.